The van der Waals surface area contributed by atoms with Gasteiger partial charge in [-0.2, -0.15) is 45.9 Å². The van der Waals surface area contributed by atoms with Crippen LogP contribution in [0.5, 0.6) is 0 Å². The summed E-state index contributed by atoms with van der Waals surface area (Å²) in [5.41, 5.74) is 34.4. The zero-order valence-electron chi connectivity index (χ0n) is 83.1. The lowest BCUT2D eigenvalue weighted by Crippen LogP contribution is -2.47. The summed E-state index contributed by atoms with van der Waals surface area (Å²) in [5.74, 6) is 0.0889. The predicted molar refractivity (Wildman–Crippen MR) is 568 cm³/mol. The number of fused-ring (bicyclic) bond motifs is 8. The molecule has 0 N–H and O–H groups in total. The number of nitrogens with zero attached hydrogens (tertiary/aromatic N) is 34. The summed E-state index contributed by atoms with van der Waals surface area (Å²) >= 11 is 0. The number of rotatable bonds is 21. The third kappa shape index (κ3) is 19.4. The number of imidazole rings is 4. The molecular formula is C112H108N34O2. The molecule has 3 aliphatic heterocycles. The minimum absolute atomic E-state index is 0.0889. The molecule has 0 spiro atoms. The maximum atomic E-state index is 13.0. The molecule has 1 amide bonds. The van der Waals surface area contributed by atoms with Crippen LogP contribution in [-0.2, 0) is 65.7 Å². The first-order valence-electron chi connectivity index (χ1n) is 49.9. The Morgan fingerprint density at radius 2 is 0.642 bits per heavy atom. The van der Waals surface area contributed by atoms with Crippen LogP contribution < -0.4 is 0 Å². The number of likely N-dealkylation sites (N-methyl/N-ethyl adjacent to an activating group) is 1. The summed E-state index contributed by atoms with van der Waals surface area (Å²) in [7, 11) is 9.78. The number of aryl methyl sites for hydroxylation is 4. The lowest BCUT2D eigenvalue weighted by atomic mass is 10.0. The average Bonchev–Trinajstić information content (AvgIpc) is 1.64. The van der Waals surface area contributed by atoms with Crippen LogP contribution in [-0.4, -0.2) is 250 Å². The quantitative estimate of drug-likeness (QED) is 0.0645. The molecular weight excluding hydrogens is 1850 g/mol. The number of ether oxygens (including phenoxy) is 1. The zero-order chi connectivity index (χ0) is 100.0. The smallest absolute Gasteiger partial charge is 0.253 e. The van der Waals surface area contributed by atoms with Crippen molar-refractivity contribution in [3.8, 4) is 89.0 Å². The second kappa shape index (κ2) is 40.1. The predicted octanol–water partition coefficient (Wildman–Crippen LogP) is 16.2. The molecule has 3 aliphatic rings. The van der Waals surface area contributed by atoms with E-state index in [4.69, 9.17) is 19.8 Å². The van der Waals surface area contributed by atoms with E-state index in [9.17, 15) is 4.79 Å². The molecule has 738 valence electrons. The SMILES string of the molecule is CC(C)N1CCC(n2cc(-c3cnc4cnn(Cc5cnc6ccc(-c7cnn(C)c7)cn56)c4c3)cn2)CC1.CN1CCN(C(=O)c2ccc(-c3cnc4cnn(Cc5cnc6ccc(-c7cnn(C)c7)cn56)c4c3)cc2)CC1.Cn1cc(-c2ccc3ncc(Cn4ncc5ncc(-c6ccc(CN7CCOCC7)cc6)cc54)n3c2)cn1.Cn1cc(-c2ccc3ncc(Cn4ncc5ncc(-c6ccccc6)cc54)n3c2)cn1. The van der Waals surface area contributed by atoms with Gasteiger partial charge in [0.25, 0.3) is 5.91 Å². The zero-order valence-corrected chi connectivity index (χ0v) is 83.1. The number of hydrogen-bond acceptors (Lipinski definition) is 22. The number of benzene rings is 3. The number of amides is 1. The van der Waals surface area contributed by atoms with Gasteiger partial charge in [-0.15, -0.1) is 0 Å². The molecule has 36 heteroatoms. The van der Waals surface area contributed by atoms with Crippen LogP contribution in [0.15, 0.2) is 313 Å². The first kappa shape index (κ1) is 92.7. The third-order valence-electron chi connectivity index (χ3n) is 28.4. The lowest BCUT2D eigenvalue weighted by molar-refractivity contribution is 0.0342. The normalized spacial score (nSPS) is 14.1. The number of morpholine rings is 1. The Hall–Kier alpha value is -17.7. The Morgan fingerprint density at radius 1 is 0.304 bits per heavy atom. The fourth-order valence-corrected chi connectivity index (χ4v) is 19.9. The molecule has 0 bridgehead atoms. The van der Waals surface area contributed by atoms with E-state index < -0.39 is 0 Å². The second-order valence-electron chi connectivity index (χ2n) is 38.6. The van der Waals surface area contributed by atoms with Crippen LogP contribution in [0.1, 0.15) is 71.4 Å². The van der Waals surface area contributed by atoms with Crippen molar-refractivity contribution in [1.29, 1.82) is 0 Å². The fraction of sp³-hybridized carbons (Fsp3) is 0.232. The minimum atomic E-state index is 0.0889. The van der Waals surface area contributed by atoms with Crippen LogP contribution in [0.4, 0.5) is 0 Å². The molecule has 0 radical (unpaired) electrons. The third-order valence-corrected chi connectivity index (χ3v) is 28.4. The van der Waals surface area contributed by atoms with E-state index in [0.717, 1.165) is 263 Å². The number of likely N-dealkylation sites (tertiary alicyclic amines) is 1. The molecule has 24 heterocycles. The van der Waals surface area contributed by atoms with Crippen molar-refractivity contribution in [2.75, 3.05) is 72.6 Å². The van der Waals surface area contributed by atoms with E-state index >= 15 is 0 Å². The summed E-state index contributed by atoms with van der Waals surface area (Å²) < 4.78 is 31.2. The highest BCUT2D eigenvalue weighted by molar-refractivity contribution is 5.95. The number of piperidine rings is 1. The molecule has 27 rings (SSSR count). The fourth-order valence-electron chi connectivity index (χ4n) is 19.9. The number of carbonyl (C=O) groups is 1. The monoisotopic (exact) mass is 1960 g/mol. The first-order chi connectivity index (χ1) is 72.5. The Balaban J connectivity index is 0.000000106. The van der Waals surface area contributed by atoms with E-state index in [2.05, 4.69) is 244 Å². The van der Waals surface area contributed by atoms with E-state index in [1.165, 1.54) is 5.56 Å². The first-order valence-corrected chi connectivity index (χ1v) is 49.9. The van der Waals surface area contributed by atoms with Gasteiger partial charge in [-0.25, -0.2) is 19.9 Å². The van der Waals surface area contributed by atoms with Crippen LogP contribution in [0.2, 0.25) is 0 Å². The van der Waals surface area contributed by atoms with Gasteiger partial charge in [0, 0.05) is 252 Å². The Morgan fingerprint density at radius 3 is 1.00 bits per heavy atom. The molecule has 3 saturated heterocycles. The van der Waals surface area contributed by atoms with Crippen molar-refractivity contribution in [3.63, 3.8) is 0 Å². The maximum Gasteiger partial charge on any atom is 0.253 e. The summed E-state index contributed by atoms with van der Waals surface area (Å²) in [6.07, 6.45) is 52.9. The van der Waals surface area contributed by atoms with Gasteiger partial charge in [0.15, 0.2) is 0 Å². The van der Waals surface area contributed by atoms with Gasteiger partial charge < -0.3 is 37.0 Å². The highest BCUT2D eigenvalue weighted by Crippen LogP contribution is 2.35. The highest BCUT2D eigenvalue weighted by Gasteiger charge is 2.27. The highest BCUT2D eigenvalue weighted by atomic mass is 16.5. The van der Waals surface area contributed by atoms with Crippen molar-refractivity contribution in [2.24, 2.45) is 28.2 Å². The van der Waals surface area contributed by atoms with Gasteiger partial charge in [-0.05, 0) is 141 Å². The molecule has 148 heavy (non-hydrogen) atoms. The molecule has 0 aliphatic carbocycles. The molecule has 0 atom stereocenters. The molecule has 24 aromatic rings. The van der Waals surface area contributed by atoms with Crippen molar-refractivity contribution < 1.29 is 9.53 Å². The van der Waals surface area contributed by atoms with E-state index in [1.807, 2.05) is 257 Å². The van der Waals surface area contributed by atoms with Crippen molar-refractivity contribution in [2.45, 2.75) is 71.5 Å². The molecule has 21 aromatic heterocycles. The van der Waals surface area contributed by atoms with Gasteiger partial charge in [0.1, 0.15) is 44.7 Å². The summed E-state index contributed by atoms with van der Waals surface area (Å²) in [5, 5.41) is 40.5. The van der Waals surface area contributed by atoms with E-state index in [-0.39, 0.29) is 5.91 Å². The van der Waals surface area contributed by atoms with Crippen molar-refractivity contribution >= 4 is 72.6 Å². The van der Waals surface area contributed by atoms with Crippen LogP contribution in [0, 0.1) is 0 Å². The van der Waals surface area contributed by atoms with Gasteiger partial charge >= 0.3 is 0 Å². The lowest BCUT2D eigenvalue weighted by Gasteiger charge is -2.34. The van der Waals surface area contributed by atoms with E-state index in [1.54, 1.807) is 10.9 Å². The standard InChI is InChI=1S/C30H29N9O.C29H32N10.C29H28N8O.C24H19N7/c1-35-9-11-37(12-10-35)30(40)22-5-3-21(4-6-22)24-13-28-27(31-14-24)17-34-39(28)20-26-16-32-29-8-7-23(19-38(26)29)25-15-33-36(2)18-25;1-20(2)36-8-6-25(7-9-36)38-18-24(13-33-38)22-10-28-27(30-11-22)15-34-39(28)19-26-14-31-29-5-4-21(17-37(26)29)23-12-32-35(3)16-23;1-34-18-25(14-32-34)23-6-7-29-31-15-26(36(29)19-23)20-37-28-12-24(13-30-27(28)16-33-37)22-4-2-21(3-5-22)17-35-8-10-38-11-9-35;1-29-14-20(11-27-29)18-7-8-24-26-12-21(30(24)15-18)16-31-23-9-19(10-25-22(23)13-28-31)17-5-3-2-4-6-17/h3-8,13-19H,9-12,20H2,1-2H3;4-5,10-18,20,25H,6-9,19H2,1-3H3;2-7,12-16,18-19H,8-11,17,20H2,1H3;2-15H,16H2,1H3. The minimum Gasteiger partial charge on any atom is -0.379 e. The van der Waals surface area contributed by atoms with Crippen molar-refractivity contribution in [1.82, 2.24) is 165 Å². The summed E-state index contributed by atoms with van der Waals surface area (Å²) in [4.78, 5) is 59.2. The maximum absolute atomic E-state index is 13.0. The van der Waals surface area contributed by atoms with Crippen molar-refractivity contribution in [3.05, 3.63) is 347 Å². The summed E-state index contributed by atoms with van der Waals surface area (Å²) in [6.45, 7) is 17.0. The van der Waals surface area contributed by atoms with Crippen LogP contribution >= 0.6 is 0 Å². The molecule has 3 fully saturated rings. The molecule has 0 saturated carbocycles. The Labute approximate surface area is 850 Å². The second-order valence-corrected chi connectivity index (χ2v) is 38.6. The number of piperazine rings is 1. The van der Waals surface area contributed by atoms with Gasteiger partial charge in [0.05, 0.1) is 171 Å². The topological polar surface area (TPSA) is 320 Å². The number of pyridine rings is 8. The Kier molecular flexibility index (Phi) is 25.1. The van der Waals surface area contributed by atoms with Gasteiger partial charge in [0.2, 0.25) is 0 Å². The molecule has 3 aromatic carbocycles. The van der Waals surface area contributed by atoms with E-state index in [0.29, 0.717) is 43.8 Å². The van der Waals surface area contributed by atoms with Crippen LogP contribution in [0.3, 0.4) is 0 Å². The number of carbonyl (C=O) groups excluding carboxylic acids is 1. The molecule has 0 unspecified atom stereocenters. The Bertz CT molecular complexity index is 8890. The number of hydrogen-bond donors (Lipinski definition) is 0. The summed E-state index contributed by atoms with van der Waals surface area (Å²) in [6, 6.07) is 53.0. The average molecular weight is 1960 g/mol. The van der Waals surface area contributed by atoms with Crippen LogP contribution in [0.25, 0.3) is 156 Å². The van der Waals surface area contributed by atoms with Gasteiger partial charge in [-0.3, -0.25) is 71.8 Å². The number of aromatic nitrogens is 30. The van der Waals surface area contributed by atoms with Gasteiger partial charge in [-0.1, -0.05) is 66.7 Å². The largest absolute Gasteiger partial charge is 0.379 e. The molecule has 36 nitrogen and oxygen atoms in total.